The number of likely N-dealkylation sites (N-methyl/N-ethyl adjacent to an activating group) is 1. The molecule has 1 saturated heterocycles. The van der Waals surface area contributed by atoms with Crippen molar-refractivity contribution < 1.29 is 4.79 Å². The molecular formula is C17H29N5O. The number of carbonyl (C=O) groups excluding carboxylic acids is 1. The van der Waals surface area contributed by atoms with Crippen molar-refractivity contribution in [3.63, 3.8) is 0 Å². The van der Waals surface area contributed by atoms with Gasteiger partial charge in [-0.3, -0.25) is 4.68 Å². The van der Waals surface area contributed by atoms with Gasteiger partial charge in [-0.05, 0) is 58.7 Å². The van der Waals surface area contributed by atoms with Gasteiger partial charge in [-0.15, -0.1) is 0 Å². The van der Waals surface area contributed by atoms with Gasteiger partial charge in [0.1, 0.15) is 0 Å². The number of amides is 2. The Hall–Kier alpha value is -1.56. The van der Waals surface area contributed by atoms with Crippen LogP contribution in [-0.2, 0) is 6.42 Å². The molecule has 0 radical (unpaired) electrons. The van der Waals surface area contributed by atoms with E-state index >= 15 is 0 Å². The Labute approximate surface area is 138 Å². The first-order valence-corrected chi connectivity index (χ1v) is 8.86. The molecule has 1 aliphatic carbocycles. The van der Waals surface area contributed by atoms with Gasteiger partial charge >= 0.3 is 6.03 Å². The monoisotopic (exact) mass is 319 g/mol. The van der Waals surface area contributed by atoms with Crippen LogP contribution in [-0.4, -0.2) is 58.8 Å². The van der Waals surface area contributed by atoms with E-state index in [-0.39, 0.29) is 12.1 Å². The summed E-state index contributed by atoms with van der Waals surface area (Å²) >= 11 is 0. The normalized spacial score (nSPS) is 22.8. The molecule has 2 aliphatic rings. The predicted octanol–water partition coefficient (Wildman–Crippen LogP) is 2.19. The third-order valence-corrected chi connectivity index (χ3v) is 4.98. The quantitative estimate of drug-likeness (QED) is 0.909. The fraction of sp³-hybridized carbons (Fsp3) is 0.765. The van der Waals surface area contributed by atoms with E-state index < -0.39 is 0 Å². The number of hydrogen-bond acceptors (Lipinski definition) is 3. The number of nitrogens with zero attached hydrogens (tertiary/aromatic N) is 4. The maximum Gasteiger partial charge on any atom is 0.317 e. The summed E-state index contributed by atoms with van der Waals surface area (Å²) in [6.07, 6.45) is 6.22. The number of aromatic nitrogens is 2. The number of fused-ring (bicyclic) bond motifs is 1. The highest BCUT2D eigenvalue weighted by atomic mass is 16.2. The Balaban J connectivity index is 1.71. The Morgan fingerprint density at radius 3 is 2.87 bits per heavy atom. The molecule has 1 fully saturated rings. The molecule has 1 atom stereocenters. The fourth-order valence-corrected chi connectivity index (χ4v) is 3.66. The average Bonchev–Trinajstić information content (AvgIpc) is 2.84. The van der Waals surface area contributed by atoms with Crippen LogP contribution in [0.1, 0.15) is 56.5 Å². The summed E-state index contributed by atoms with van der Waals surface area (Å²) in [5.74, 6) is 0. The lowest BCUT2D eigenvalue weighted by atomic mass is 9.93. The van der Waals surface area contributed by atoms with E-state index in [0.29, 0.717) is 6.04 Å². The highest BCUT2D eigenvalue weighted by Crippen LogP contribution is 2.31. The first-order valence-electron chi connectivity index (χ1n) is 8.86. The molecule has 2 heterocycles. The van der Waals surface area contributed by atoms with Crippen LogP contribution in [0.15, 0.2) is 6.20 Å². The number of aryl methyl sites for hydroxylation is 1. The van der Waals surface area contributed by atoms with Gasteiger partial charge in [-0.2, -0.15) is 5.10 Å². The van der Waals surface area contributed by atoms with Gasteiger partial charge < -0.3 is 15.1 Å². The molecule has 6 nitrogen and oxygen atoms in total. The molecule has 1 aliphatic heterocycles. The van der Waals surface area contributed by atoms with Crippen molar-refractivity contribution in [3.05, 3.63) is 17.5 Å². The Kier molecular flexibility index (Phi) is 4.90. The van der Waals surface area contributed by atoms with Gasteiger partial charge in [-0.25, -0.2) is 4.79 Å². The van der Waals surface area contributed by atoms with Gasteiger partial charge in [0, 0.05) is 25.7 Å². The third-order valence-electron chi connectivity index (χ3n) is 4.98. The van der Waals surface area contributed by atoms with Crippen molar-refractivity contribution in [2.24, 2.45) is 0 Å². The van der Waals surface area contributed by atoms with Crippen molar-refractivity contribution in [2.75, 3.05) is 33.2 Å². The number of carbonyl (C=O) groups is 1. The highest BCUT2D eigenvalue weighted by Gasteiger charge is 2.28. The molecule has 1 aromatic rings. The largest absolute Gasteiger partial charge is 0.330 e. The number of rotatable bonds is 2. The summed E-state index contributed by atoms with van der Waals surface area (Å²) in [6, 6.07) is 0.495. The van der Waals surface area contributed by atoms with E-state index in [9.17, 15) is 4.79 Å². The SMILES string of the molecule is CC(C)n1ncc2c1C(NC(=O)N1CCCN(C)CC1)CCC2. The van der Waals surface area contributed by atoms with Crippen molar-refractivity contribution in [1.29, 1.82) is 0 Å². The summed E-state index contributed by atoms with van der Waals surface area (Å²) < 4.78 is 2.08. The zero-order valence-electron chi connectivity index (χ0n) is 14.6. The van der Waals surface area contributed by atoms with Gasteiger partial charge in [0.2, 0.25) is 0 Å². The summed E-state index contributed by atoms with van der Waals surface area (Å²) in [7, 11) is 2.12. The van der Waals surface area contributed by atoms with Crippen molar-refractivity contribution in [3.8, 4) is 0 Å². The number of nitrogens with one attached hydrogen (secondary N) is 1. The highest BCUT2D eigenvalue weighted by molar-refractivity contribution is 5.74. The van der Waals surface area contributed by atoms with Crippen molar-refractivity contribution >= 4 is 6.03 Å². The van der Waals surface area contributed by atoms with E-state index in [4.69, 9.17) is 0 Å². The molecule has 1 N–H and O–H groups in total. The van der Waals surface area contributed by atoms with Crippen LogP contribution < -0.4 is 5.32 Å². The predicted molar refractivity (Wildman–Crippen MR) is 90.5 cm³/mol. The Morgan fingerprint density at radius 1 is 1.26 bits per heavy atom. The molecule has 0 saturated carbocycles. The molecular weight excluding hydrogens is 290 g/mol. The molecule has 1 aromatic heterocycles. The first kappa shape index (κ1) is 16.3. The van der Waals surface area contributed by atoms with Crippen molar-refractivity contribution in [1.82, 2.24) is 24.9 Å². The third kappa shape index (κ3) is 3.52. The Morgan fingerprint density at radius 2 is 2.09 bits per heavy atom. The summed E-state index contributed by atoms with van der Waals surface area (Å²) in [4.78, 5) is 17.0. The van der Waals surface area contributed by atoms with Gasteiger partial charge in [0.25, 0.3) is 0 Å². The average molecular weight is 319 g/mol. The maximum absolute atomic E-state index is 12.7. The lowest BCUT2D eigenvalue weighted by Gasteiger charge is -2.29. The van der Waals surface area contributed by atoms with Gasteiger partial charge in [0.05, 0.1) is 17.9 Å². The minimum absolute atomic E-state index is 0.0784. The second-order valence-corrected chi connectivity index (χ2v) is 7.13. The zero-order valence-corrected chi connectivity index (χ0v) is 14.6. The molecule has 0 aromatic carbocycles. The van der Waals surface area contributed by atoms with Crippen LogP contribution >= 0.6 is 0 Å². The second-order valence-electron chi connectivity index (χ2n) is 7.13. The molecule has 0 bridgehead atoms. The smallest absolute Gasteiger partial charge is 0.317 e. The topological polar surface area (TPSA) is 53.4 Å². The van der Waals surface area contributed by atoms with E-state index in [2.05, 4.69) is 40.9 Å². The summed E-state index contributed by atoms with van der Waals surface area (Å²) in [5.41, 5.74) is 2.51. The van der Waals surface area contributed by atoms with Crippen LogP contribution in [0, 0.1) is 0 Å². The van der Waals surface area contributed by atoms with E-state index in [1.165, 1.54) is 11.3 Å². The second kappa shape index (κ2) is 6.91. The first-order chi connectivity index (χ1) is 11.1. The molecule has 1 unspecified atom stereocenters. The summed E-state index contributed by atoms with van der Waals surface area (Å²) in [5, 5.41) is 7.81. The Bertz CT molecular complexity index is 553. The number of hydrogen-bond donors (Lipinski definition) is 1. The minimum Gasteiger partial charge on any atom is -0.330 e. The molecule has 23 heavy (non-hydrogen) atoms. The molecule has 2 amide bonds. The van der Waals surface area contributed by atoms with E-state index in [1.807, 2.05) is 11.1 Å². The summed E-state index contributed by atoms with van der Waals surface area (Å²) in [6.45, 7) is 7.96. The van der Waals surface area contributed by atoms with Crippen LogP contribution in [0.3, 0.4) is 0 Å². The van der Waals surface area contributed by atoms with Gasteiger partial charge in [0.15, 0.2) is 0 Å². The van der Waals surface area contributed by atoms with Crippen molar-refractivity contribution in [2.45, 2.75) is 51.6 Å². The van der Waals surface area contributed by atoms with Gasteiger partial charge in [-0.1, -0.05) is 0 Å². The lowest BCUT2D eigenvalue weighted by Crippen LogP contribution is -2.44. The van der Waals surface area contributed by atoms with E-state index in [0.717, 1.165) is 51.9 Å². The van der Waals surface area contributed by atoms with Crippen LogP contribution in [0.4, 0.5) is 4.79 Å². The maximum atomic E-state index is 12.7. The molecule has 6 heteroatoms. The van der Waals surface area contributed by atoms with E-state index in [1.54, 1.807) is 0 Å². The minimum atomic E-state index is 0.0784. The molecule has 0 spiro atoms. The zero-order chi connectivity index (χ0) is 16.4. The standard InChI is InChI=1S/C17H29N5O/c1-13(2)22-16-14(12-18-22)6-4-7-15(16)19-17(23)21-9-5-8-20(3)10-11-21/h12-13,15H,4-11H2,1-3H3,(H,19,23). The van der Waals surface area contributed by atoms with Crippen LogP contribution in [0.25, 0.3) is 0 Å². The molecule has 3 rings (SSSR count). The lowest BCUT2D eigenvalue weighted by molar-refractivity contribution is 0.193. The fourth-order valence-electron chi connectivity index (χ4n) is 3.66. The molecule has 128 valence electrons. The van der Waals surface area contributed by atoms with Crippen LogP contribution in [0.5, 0.6) is 0 Å². The van der Waals surface area contributed by atoms with Crippen LogP contribution in [0.2, 0.25) is 0 Å². The number of urea groups is 1.